The monoisotopic (exact) mass is 342 g/mol. The fourth-order valence-electron chi connectivity index (χ4n) is 3.89. The standard InChI is InChI=1S/C20H30N4O/c1-4-12-24(5-2)20(25)16-9-8-13-23(14-16)15-19-21-17-10-6-7-11-18(17)22(19)3/h6-7,10-11,16H,4-5,8-9,12-15H2,1-3H3/t16-/m0/s1. The van der Waals surface area contributed by atoms with Gasteiger partial charge in [-0.2, -0.15) is 0 Å². The second kappa shape index (κ2) is 8.00. The average Bonchev–Trinajstić information content (AvgIpc) is 2.95. The summed E-state index contributed by atoms with van der Waals surface area (Å²) < 4.78 is 2.18. The average molecular weight is 342 g/mol. The van der Waals surface area contributed by atoms with Gasteiger partial charge in [0.25, 0.3) is 0 Å². The minimum absolute atomic E-state index is 0.134. The number of carbonyl (C=O) groups excluding carboxylic acids is 1. The molecule has 0 bridgehead atoms. The number of piperidine rings is 1. The van der Waals surface area contributed by atoms with Gasteiger partial charge in [0.2, 0.25) is 5.91 Å². The highest BCUT2D eigenvalue weighted by atomic mass is 16.2. The third-order valence-electron chi connectivity index (χ3n) is 5.29. The molecule has 5 nitrogen and oxygen atoms in total. The summed E-state index contributed by atoms with van der Waals surface area (Å²) in [5.41, 5.74) is 2.21. The van der Waals surface area contributed by atoms with Crippen LogP contribution in [-0.4, -0.2) is 51.4 Å². The zero-order valence-corrected chi connectivity index (χ0v) is 15.7. The van der Waals surface area contributed by atoms with Gasteiger partial charge in [0, 0.05) is 26.7 Å². The zero-order valence-electron chi connectivity index (χ0n) is 15.7. The summed E-state index contributed by atoms with van der Waals surface area (Å²) in [5.74, 6) is 1.55. The van der Waals surface area contributed by atoms with E-state index in [1.807, 2.05) is 11.0 Å². The van der Waals surface area contributed by atoms with Crippen LogP contribution in [0.25, 0.3) is 11.0 Å². The Morgan fingerprint density at radius 2 is 2.12 bits per heavy atom. The Morgan fingerprint density at radius 3 is 2.84 bits per heavy atom. The molecule has 1 aliphatic rings. The Morgan fingerprint density at radius 1 is 1.32 bits per heavy atom. The number of aromatic nitrogens is 2. The quantitative estimate of drug-likeness (QED) is 0.810. The van der Waals surface area contributed by atoms with Gasteiger partial charge in [0.1, 0.15) is 5.82 Å². The van der Waals surface area contributed by atoms with Crippen LogP contribution in [0.5, 0.6) is 0 Å². The van der Waals surface area contributed by atoms with Crippen LogP contribution in [0.1, 0.15) is 38.9 Å². The van der Waals surface area contributed by atoms with Crippen LogP contribution in [-0.2, 0) is 18.4 Å². The van der Waals surface area contributed by atoms with Gasteiger partial charge in [-0.25, -0.2) is 4.98 Å². The molecule has 1 aromatic heterocycles. The van der Waals surface area contributed by atoms with Crippen molar-refractivity contribution < 1.29 is 4.79 Å². The molecule has 0 saturated carbocycles. The van der Waals surface area contributed by atoms with Crippen molar-refractivity contribution in [1.29, 1.82) is 0 Å². The second-order valence-electron chi connectivity index (χ2n) is 7.07. The summed E-state index contributed by atoms with van der Waals surface area (Å²) >= 11 is 0. The van der Waals surface area contributed by atoms with E-state index in [-0.39, 0.29) is 5.92 Å². The molecule has 0 radical (unpaired) electrons. The van der Waals surface area contributed by atoms with Gasteiger partial charge in [0.05, 0.1) is 23.5 Å². The van der Waals surface area contributed by atoms with Gasteiger partial charge < -0.3 is 9.47 Å². The Bertz CT molecular complexity index is 724. The SMILES string of the molecule is CCCN(CC)C(=O)[C@H]1CCCN(Cc2nc3ccccc3n2C)C1. The van der Waals surface area contributed by atoms with Crippen molar-refractivity contribution in [3.63, 3.8) is 0 Å². The molecule has 1 aliphatic heterocycles. The Labute approximate surface area is 150 Å². The minimum Gasteiger partial charge on any atom is -0.343 e. The first kappa shape index (κ1) is 17.9. The number of para-hydroxylation sites is 2. The molecule has 1 aromatic carbocycles. The molecule has 0 N–H and O–H groups in total. The van der Waals surface area contributed by atoms with Crippen LogP contribution in [0.2, 0.25) is 0 Å². The molecular formula is C20H30N4O. The summed E-state index contributed by atoms with van der Waals surface area (Å²) in [6.07, 6.45) is 3.12. The lowest BCUT2D eigenvalue weighted by atomic mass is 9.96. The Balaban J connectivity index is 1.68. The first-order valence-electron chi connectivity index (χ1n) is 9.55. The first-order chi connectivity index (χ1) is 12.1. The molecule has 3 rings (SSSR count). The highest BCUT2D eigenvalue weighted by Gasteiger charge is 2.29. The fourth-order valence-corrected chi connectivity index (χ4v) is 3.89. The van der Waals surface area contributed by atoms with E-state index in [2.05, 4.69) is 48.6 Å². The molecule has 1 saturated heterocycles. The van der Waals surface area contributed by atoms with Crippen LogP contribution in [0.3, 0.4) is 0 Å². The molecule has 1 amide bonds. The van der Waals surface area contributed by atoms with Gasteiger partial charge >= 0.3 is 0 Å². The first-order valence-corrected chi connectivity index (χ1v) is 9.55. The third kappa shape index (κ3) is 3.87. The van der Waals surface area contributed by atoms with E-state index in [1.54, 1.807) is 0 Å². The predicted octanol–water partition coefficient (Wildman–Crippen LogP) is 3.04. The summed E-state index contributed by atoms with van der Waals surface area (Å²) in [6, 6.07) is 8.25. The number of carbonyl (C=O) groups is 1. The predicted molar refractivity (Wildman–Crippen MR) is 101 cm³/mol. The normalized spacial score (nSPS) is 18.6. The van der Waals surface area contributed by atoms with E-state index < -0.39 is 0 Å². The summed E-state index contributed by atoms with van der Waals surface area (Å²) in [4.78, 5) is 22.0. The molecule has 0 unspecified atom stereocenters. The highest BCUT2D eigenvalue weighted by Crippen LogP contribution is 2.22. The zero-order chi connectivity index (χ0) is 17.8. The van der Waals surface area contributed by atoms with Crippen molar-refractivity contribution in [1.82, 2.24) is 19.4 Å². The molecular weight excluding hydrogens is 312 g/mol. The van der Waals surface area contributed by atoms with Crippen molar-refractivity contribution in [2.45, 2.75) is 39.7 Å². The number of fused-ring (bicyclic) bond motifs is 1. The van der Waals surface area contributed by atoms with E-state index in [4.69, 9.17) is 4.98 Å². The minimum atomic E-state index is 0.134. The Hall–Kier alpha value is -1.88. The number of hydrogen-bond donors (Lipinski definition) is 0. The third-order valence-corrected chi connectivity index (χ3v) is 5.29. The van der Waals surface area contributed by atoms with Gasteiger partial charge in [-0.05, 0) is 44.9 Å². The van der Waals surface area contributed by atoms with E-state index in [0.29, 0.717) is 5.91 Å². The van der Waals surface area contributed by atoms with E-state index >= 15 is 0 Å². The van der Waals surface area contributed by atoms with E-state index in [1.165, 1.54) is 5.52 Å². The molecule has 1 atom stereocenters. The van der Waals surface area contributed by atoms with Crippen LogP contribution in [0.4, 0.5) is 0 Å². The topological polar surface area (TPSA) is 41.4 Å². The number of benzene rings is 1. The van der Waals surface area contributed by atoms with Crippen LogP contribution in [0, 0.1) is 5.92 Å². The number of aryl methyl sites for hydroxylation is 1. The fraction of sp³-hybridized carbons (Fsp3) is 0.600. The molecule has 136 valence electrons. The molecule has 1 fully saturated rings. The molecule has 25 heavy (non-hydrogen) atoms. The van der Waals surface area contributed by atoms with E-state index in [0.717, 1.165) is 63.3 Å². The van der Waals surface area contributed by atoms with Gasteiger partial charge in [0.15, 0.2) is 0 Å². The maximum absolute atomic E-state index is 12.8. The number of likely N-dealkylation sites (tertiary alicyclic amines) is 1. The Kier molecular flexibility index (Phi) is 5.74. The lowest BCUT2D eigenvalue weighted by Crippen LogP contribution is -2.45. The van der Waals surface area contributed by atoms with Gasteiger partial charge in [-0.3, -0.25) is 9.69 Å². The maximum Gasteiger partial charge on any atom is 0.226 e. The summed E-state index contributed by atoms with van der Waals surface area (Å²) in [7, 11) is 2.08. The van der Waals surface area contributed by atoms with Gasteiger partial charge in [-0.15, -0.1) is 0 Å². The maximum atomic E-state index is 12.8. The lowest BCUT2D eigenvalue weighted by Gasteiger charge is -2.34. The van der Waals surface area contributed by atoms with E-state index in [9.17, 15) is 4.79 Å². The number of rotatable bonds is 6. The van der Waals surface area contributed by atoms with Gasteiger partial charge in [-0.1, -0.05) is 19.1 Å². The summed E-state index contributed by atoms with van der Waals surface area (Å²) in [5, 5.41) is 0. The molecule has 5 heteroatoms. The van der Waals surface area contributed by atoms with Crippen LogP contribution in [0.15, 0.2) is 24.3 Å². The number of hydrogen-bond acceptors (Lipinski definition) is 3. The smallest absolute Gasteiger partial charge is 0.226 e. The number of nitrogens with zero attached hydrogens (tertiary/aromatic N) is 4. The molecule has 2 heterocycles. The molecule has 0 aliphatic carbocycles. The lowest BCUT2D eigenvalue weighted by molar-refractivity contribution is -0.137. The molecule has 2 aromatic rings. The van der Waals surface area contributed by atoms with Crippen molar-refractivity contribution in [3.05, 3.63) is 30.1 Å². The number of amides is 1. The van der Waals surface area contributed by atoms with Crippen molar-refractivity contribution >= 4 is 16.9 Å². The van der Waals surface area contributed by atoms with Crippen molar-refractivity contribution in [3.8, 4) is 0 Å². The van der Waals surface area contributed by atoms with Crippen LogP contribution < -0.4 is 0 Å². The number of imidazole rings is 1. The summed E-state index contributed by atoms with van der Waals surface area (Å²) in [6.45, 7) is 8.61. The molecule has 0 spiro atoms. The largest absolute Gasteiger partial charge is 0.343 e. The van der Waals surface area contributed by atoms with Crippen molar-refractivity contribution in [2.24, 2.45) is 13.0 Å². The highest BCUT2D eigenvalue weighted by molar-refractivity contribution is 5.79. The van der Waals surface area contributed by atoms with Crippen molar-refractivity contribution in [2.75, 3.05) is 26.2 Å². The second-order valence-corrected chi connectivity index (χ2v) is 7.07. The van der Waals surface area contributed by atoms with Crippen LogP contribution >= 0.6 is 0 Å².